The molecule has 0 fully saturated rings. The van der Waals surface area contributed by atoms with Crippen LogP contribution < -0.4 is 14.8 Å². The average molecular weight is 322 g/mol. The largest absolute Gasteiger partial charge is 0.496 e. The highest BCUT2D eigenvalue weighted by molar-refractivity contribution is 5.49. The molecule has 0 aliphatic rings. The van der Waals surface area contributed by atoms with Gasteiger partial charge in [-0.25, -0.2) is 0 Å². The fourth-order valence-electron chi connectivity index (χ4n) is 2.32. The predicted molar refractivity (Wildman–Crippen MR) is 96.2 cm³/mol. The number of nitrogens with one attached hydrogen (secondary N) is 1. The minimum absolute atomic E-state index is 0.199. The Morgan fingerprint density at radius 2 is 1.88 bits per heavy atom. The van der Waals surface area contributed by atoms with Crippen LogP contribution in [-0.2, 0) is 0 Å². The molecule has 0 unspecified atom stereocenters. The Morgan fingerprint density at radius 3 is 2.46 bits per heavy atom. The first-order chi connectivity index (χ1) is 11.5. The van der Waals surface area contributed by atoms with Crippen LogP contribution in [0.25, 0.3) is 0 Å². The summed E-state index contributed by atoms with van der Waals surface area (Å²) in [5.74, 6) is 1.93. The summed E-state index contributed by atoms with van der Waals surface area (Å²) in [5.41, 5.74) is 2.85. The Morgan fingerprint density at radius 1 is 1.17 bits per heavy atom. The number of allylic oxidation sites excluding steroid dienone is 1. The zero-order valence-corrected chi connectivity index (χ0v) is 14.5. The number of benzene rings is 2. The molecular formula is C20H22N2O2. The second-order valence-corrected chi connectivity index (χ2v) is 5.75. The van der Waals surface area contributed by atoms with Crippen molar-refractivity contribution in [1.82, 2.24) is 0 Å². The number of para-hydroxylation sites is 1. The molecule has 0 radical (unpaired) electrons. The SMILES string of the molecule is COc1cc(C(C)C)c(O/C(C#N)=C/Nc2ccccc2)cc1C. The van der Waals surface area contributed by atoms with Gasteiger partial charge in [-0.05, 0) is 42.7 Å². The summed E-state index contributed by atoms with van der Waals surface area (Å²) < 4.78 is 11.2. The molecule has 0 aliphatic carbocycles. The summed E-state index contributed by atoms with van der Waals surface area (Å²) in [7, 11) is 1.65. The highest BCUT2D eigenvalue weighted by Crippen LogP contribution is 2.34. The molecule has 0 spiro atoms. The lowest BCUT2D eigenvalue weighted by Gasteiger charge is -2.16. The van der Waals surface area contributed by atoms with Crippen molar-refractivity contribution in [2.24, 2.45) is 0 Å². The lowest BCUT2D eigenvalue weighted by molar-refractivity contribution is 0.404. The van der Waals surface area contributed by atoms with E-state index in [-0.39, 0.29) is 11.7 Å². The molecule has 2 rings (SSSR count). The van der Waals surface area contributed by atoms with Crippen molar-refractivity contribution < 1.29 is 9.47 Å². The number of rotatable bonds is 6. The van der Waals surface area contributed by atoms with E-state index >= 15 is 0 Å². The van der Waals surface area contributed by atoms with E-state index < -0.39 is 0 Å². The molecule has 24 heavy (non-hydrogen) atoms. The van der Waals surface area contributed by atoms with Gasteiger partial charge in [0.2, 0.25) is 5.76 Å². The molecule has 2 aromatic carbocycles. The van der Waals surface area contributed by atoms with Crippen molar-refractivity contribution in [2.75, 3.05) is 12.4 Å². The van der Waals surface area contributed by atoms with Crippen molar-refractivity contribution in [2.45, 2.75) is 26.7 Å². The maximum atomic E-state index is 9.36. The second-order valence-electron chi connectivity index (χ2n) is 5.75. The summed E-state index contributed by atoms with van der Waals surface area (Å²) in [4.78, 5) is 0. The van der Waals surface area contributed by atoms with Crippen molar-refractivity contribution in [1.29, 1.82) is 5.26 Å². The molecule has 0 bridgehead atoms. The zero-order valence-electron chi connectivity index (χ0n) is 14.5. The number of nitrogens with zero attached hydrogens (tertiary/aromatic N) is 1. The number of aryl methyl sites for hydroxylation is 1. The number of anilines is 1. The van der Waals surface area contributed by atoms with E-state index in [1.54, 1.807) is 13.3 Å². The van der Waals surface area contributed by atoms with E-state index in [0.29, 0.717) is 5.75 Å². The third kappa shape index (κ3) is 4.30. The van der Waals surface area contributed by atoms with E-state index in [9.17, 15) is 5.26 Å². The van der Waals surface area contributed by atoms with Crippen LogP contribution >= 0.6 is 0 Å². The van der Waals surface area contributed by atoms with Gasteiger partial charge >= 0.3 is 0 Å². The Labute approximate surface area is 143 Å². The van der Waals surface area contributed by atoms with Crippen LogP contribution in [-0.4, -0.2) is 7.11 Å². The molecule has 1 N–H and O–H groups in total. The third-order valence-electron chi connectivity index (χ3n) is 3.62. The van der Waals surface area contributed by atoms with E-state index in [1.807, 2.05) is 49.4 Å². The molecule has 0 aliphatic heterocycles. The van der Waals surface area contributed by atoms with Crippen LogP contribution in [0, 0.1) is 18.3 Å². The lowest BCUT2D eigenvalue weighted by atomic mass is 10.00. The van der Waals surface area contributed by atoms with Crippen molar-refractivity contribution >= 4 is 5.69 Å². The van der Waals surface area contributed by atoms with Crippen molar-refractivity contribution in [3.05, 3.63) is 65.6 Å². The minimum atomic E-state index is 0.199. The third-order valence-corrected chi connectivity index (χ3v) is 3.62. The van der Waals surface area contributed by atoms with Gasteiger partial charge < -0.3 is 14.8 Å². The van der Waals surface area contributed by atoms with Crippen LogP contribution in [0.3, 0.4) is 0 Å². The van der Waals surface area contributed by atoms with Gasteiger partial charge in [-0.3, -0.25) is 0 Å². The highest BCUT2D eigenvalue weighted by atomic mass is 16.5. The van der Waals surface area contributed by atoms with E-state index in [2.05, 4.69) is 25.2 Å². The molecule has 0 heterocycles. The van der Waals surface area contributed by atoms with Crippen LogP contribution in [0.4, 0.5) is 5.69 Å². The zero-order chi connectivity index (χ0) is 17.5. The number of ether oxygens (including phenoxy) is 2. The van der Waals surface area contributed by atoms with E-state index in [1.165, 1.54) is 0 Å². The average Bonchev–Trinajstić information content (AvgIpc) is 2.59. The molecule has 0 atom stereocenters. The van der Waals surface area contributed by atoms with Gasteiger partial charge in [0.05, 0.1) is 13.3 Å². The van der Waals surface area contributed by atoms with E-state index in [0.717, 1.165) is 22.6 Å². The normalized spacial score (nSPS) is 11.1. The molecule has 124 valence electrons. The van der Waals surface area contributed by atoms with Gasteiger partial charge in [-0.15, -0.1) is 0 Å². The Balaban J connectivity index is 2.27. The van der Waals surface area contributed by atoms with Gasteiger partial charge in [0.25, 0.3) is 0 Å². The summed E-state index contributed by atoms with van der Waals surface area (Å²) in [6, 6.07) is 15.6. The highest BCUT2D eigenvalue weighted by Gasteiger charge is 2.14. The maximum Gasteiger partial charge on any atom is 0.219 e. The van der Waals surface area contributed by atoms with Crippen molar-refractivity contribution in [3.63, 3.8) is 0 Å². The summed E-state index contributed by atoms with van der Waals surface area (Å²) >= 11 is 0. The molecule has 0 aromatic heterocycles. The predicted octanol–water partition coefficient (Wildman–Crippen LogP) is 4.98. The summed E-state index contributed by atoms with van der Waals surface area (Å²) in [6.45, 7) is 6.11. The Hall–Kier alpha value is -2.93. The van der Waals surface area contributed by atoms with Crippen LogP contribution in [0.5, 0.6) is 11.5 Å². The van der Waals surface area contributed by atoms with Gasteiger partial charge in [0, 0.05) is 11.3 Å². The monoisotopic (exact) mass is 322 g/mol. The molecule has 2 aromatic rings. The standard InChI is InChI=1S/C20H22N2O2/c1-14(2)18-11-19(23-4)15(3)10-20(18)24-17(12-21)13-22-16-8-6-5-7-9-16/h5-11,13-14,22H,1-4H3/b17-13+. The molecule has 4 nitrogen and oxygen atoms in total. The van der Waals surface area contributed by atoms with Crippen LogP contribution in [0.1, 0.15) is 30.9 Å². The summed E-state index contributed by atoms with van der Waals surface area (Å²) in [5, 5.41) is 12.4. The molecule has 4 heteroatoms. The Bertz CT molecular complexity index is 759. The first-order valence-electron chi connectivity index (χ1n) is 7.83. The number of nitriles is 1. The molecule has 0 saturated heterocycles. The van der Waals surface area contributed by atoms with Crippen LogP contribution in [0.2, 0.25) is 0 Å². The second kappa shape index (κ2) is 8.07. The molecule has 0 amide bonds. The number of hydrogen-bond donors (Lipinski definition) is 1. The van der Waals surface area contributed by atoms with Gasteiger partial charge in [-0.1, -0.05) is 32.0 Å². The smallest absolute Gasteiger partial charge is 0.219 e. The first kappa shape index (κ1) is 17.4. The summed E-state index contributed by atoms with van der Waals surface area (Å²) in [6.07, 6.45) is 1.57. The van der Waals surface area contributed by atoms with Crippen LogP contribution in [0.15, 0.2) is 54.4 Å². The van der Waals surface area contributed by atoms with Gasteiger partial charge in [-0.2, -0.15) is 5.26 Å². The molecular weight excluding hydrogens is 300 g/mol. The van der Waals surface area contributed by atoms with E-state index in [4.69, 9.17) is 9.47 Å². The lowest BCUT2D eigenvalue weighted by Crippen LogP contribution is -2.02. The number of methoxy groups -OCH3 is 1. The van der Waals surface area contributed by atoms with Gasteiger partial charge in [0.1, 0.15) is 17.6 Å². The topological polar surface area (TPSA) is 54.3 Å². The maximum absolute atomic E-state index is 9.36. The Kier molecular flexibility index (Phi) is 5.86. The number of hydrogen-bond acceptors (Lipinski definition) is 4. The molecule has 0 saturated carbocycles. The fraction of sp³-hybridized carbons (Fsp3) is 0.250. The van der Waals surface area contributed by atoms with Gasteiger partial charge in [0.15, 0.2) is 0 Å². The first-order valence-corrected chi connectivity index (χ1v) is 7.83. The quantitative estimate of drug-likeness (QED) is 0.602. The van der Waals surface area contributed by atoms with Crippen molar-refractivity contribution in [3.8, 4) is 17.6 Å². The minimum Gasteiger partial charge on any atom is -0.496 e. The fourth-order valence-corrected chi connectivity index (χ4v) is 2.32.